The smallest absolute Gasteiger partial charge is 0.248 e. The highest BCUT2D eigenvalue weighted by molar-refractivity contribution is 5.89. The number of aromatic nitrogens is 4. The average Bonchev–Trinajstić information content (AvgIpc) is 3.25. The molecule has 0 fully saturated rings. The first-order chi connectivity index (χ1) is 15.5. The number of amides is 1. The number of nitrogens with one attached hydrogen (secondary N) is 1. The Morgan fingerprint density at radius 3 is 2.41 bits per heavy atom. The third-order valence-electron chi connectivity index (χ3n) is 5.54. The van der Waals surface area contributed by atoms with E-state index in [-0.39, 0.29) is 0 Å². The van der Waals surface area contributed by atoms with Gasteiger partial charge in [-0.1, -0.05) is 42.5 Å². The summed E-state index contributed by atoms with van der Waals surface area (Å²) in [6.07, 6.45) is 8.00. The van der Waals surface area contributed by atoms with Gasteiger partial charge in [-0.15, -0.1) is 0 Å². The topological polar surface area (TPSA) is 98.7 Å². The number of hydrogen-bond donors (Lipinski definition) is 2. The maximum absolute atomic E-state index is 13.0. The standard InChI is InChI=1S/C25H26N6O/c1-18-8-9-19(14-27-18)12-13-29-25(24(26)32,22-6-4-3-5-7-22)23-11-10-20(15-28-23)21-16-30-31(2)17-21/h3-11,14-17,29H,12-13H2,1-2H3,(H2,26,32)/t25-/m1/s1. The second-order valence-electron chi connectivity index (χ2n) is 7.80. The molecule has 3 N–H and O–H groups in total. The number of nitrogens with zero attached hydrogens (tertiary/aromatic N) is 4. The summed E-state index contributed by atoms with van der Waals surface area (Å²) in [6, 6.07) is 17.3. The van der Waals surface area contributed by atoms with Gasteiger partial charge in [-0.3, -0.25) is 24.8 Å². The summed E-state index contributed by atoms with van der Waals surface area (Å²) in [5.74, 6) is -0.507. The molecule has 0 aliphatic rings. The lowest BCUT2D eigenvalue weighted by molar-refractivity contribution is -0.123. The fourth-order valence-electron chi connectivity index (χ4n) is 3.78. The minimum Gasteiger partial charge on any atom is -0.367 e. The zero-order valence-corrected chi connectivity index (χ0v) is 18.2. The quantitative estimate of drug-likeness (QED) is 0.451. The number of aryl methyl sites for hydroxylation is 2. The summed E-state index contributed by atoms with van der Waals surface area (Å²) < 4.78 is 1.74. The van der Waals surface area contributed by atoms with Crippen molar-refractivity contribution < 1.29 is 4.79 Å². The van der Waals surface area contributed by atoms with Gasteiger partial charge in [0.1, 0.15) is 0 Å². The van der Waals surface area contributed by atoms with E-state index in [1.54, 1.807) is 17.1 Å². The van der Waals surface area contributed by atoms with Gasteiger partial charge in [-0.2, -0.15) is 5.10 Å². The summed E-state index contributed by atoms with van der Waals surface area (Å²) in [6.45, 7) is 2.48. The summed E-state index contributed by atoms with van der Waals surface area (Å²) in [5, 5.41) is 7.62. The van der Waals surface area contributed by atoms with Gasteiger partial charge in [0.25, 0.3) is 0 Å². The van der Waals surface area contributed by atoms with E-state index in [1.807, 2.05) is 81.0 Å². The van der Waals surface area contributed by atoms with Gasteiger partial charge in [-0.25, -0.2) is 0 Å². The molecule has 4 aromatic rings. The van der Waals surface area contributed by atoms with Crippen LogP contribution in [0.2, 0.25) is 0 Å². The molecule has 0 saturated heterocycles. The summed E-state index contributed by atoms with van der Waals surface area (Å²) in [7, 11) is 1.87. The maximum atomic E-state index is 13.0. The molecule has 3 aromatic heterocycles. The molecule has 0 bridgehead atoms. The maximum Gasteiger partial charge on any atom is 0.248 e. The summed E-state index contributed by atoms with van der Waals surface area (Å²) >= 11 is 0. The Hall–Kier alpha value is -3.84. The molecule has 32 heavy (non-hydrogen) atoms. The van der Waals surface area contributed by atoms with Crippen LogP contribution < -0.4 is 11.1 Å². The lowest BCUT2D eigenvalue weighted by atomic mass is 9.84. The normalized spacial score (nSPS) is 12.9. The fraction of sp³-hybridized carbons (Fsp3) is 0.200. The van der Waals surface area contributed by atoms with Crippen LogP contribution in [0.3, 0.4) is 0 Å². The zero-order chi connectivity index (χ0) is 22.6. The van der Waals surface area contributed by atoms with Crippen molar-refractivity contribution in [2.45, 2.75) is 18.9 Å². The van der Waals surface area contributed by atoms with E-state index in [2.05, 4.69) is 20.4 Å². The molecule has 3 heterocycles. The number of hydrogen-bond acceptors (Lipinski definition) is 5. The lowest BCUT2D eigenvalue weighted by Crippen LogP contribution is -2.54. The van der Waals surface area contributed by atoms with E-state index in [4.69, 9.17) is 5.73 Å². The highest BCUT2D eigenvalue weighted by Crippen LogP contribution is 2.30. The predicted octanol–water partition coefficient (Wildman–Crippen LogP) is 2.75. The summed E-state index contributed by atoms with van der Waals surface area (Å²) in [5.41, 5.74) is 9.97. The van der Waals surface area contributed by atoms with Gasteiger partial charge < -0.3 is 5.73 Å². The van der Waals surface area contributed by atoms with Crippen LogP contribution >= 0.6 is 0 Å². The third kappa shape index (κ3) is 4.29. The number of rotatable bonds is 8. The average molecular weight is 427 g/mol. The van der Waals surface area contributed by atoms with Crippen molar-refractivity contribution in [2.24, 2.45) is 12.8 Å². The van der Waals surface area contributed by atoms with Crippen LogP contribution in [0.5, 0.6) is 0 Å². The minimum absolute atomic E-state index is 0.507. The lowest BCUT2D eigenvalue weighted by Gasteiger charge is -2.32. The van der Waals surface area contributed by atoms with Gasteiger partial charge in [0.2, 0.25) is 5.91 Å². The van der Waals surface area contributed by atoms with E-state index >= 15 is 0 Å². The molecular weight excluding hydrogens is 400 g/mol. The van der Waals surface area contributed by atoms with Crippen LogP contribution in [0.25, 0.3) is 11.1 Å². The molecule has 1 amide bonds. The third-order valence-corrected chi connectivity index (χ3v) is 5.54. The summed E-state index contributed by atoms with van der Waals surface area (Å²) in [4.78, 5) is 22.0. The van der Waals surface area contributed by atoms with Gasteiger partial charge >= 0.3 is 0 Å². The van der Waals surface area contributed by atoms with Gasteiger partial charge in [0.05, 0.1) is 11.9 Å². The van der Waals surface area contributed by atoms with Gasteiger partial charge in [-0.05, 0) is 36.6 Å². The van der Waals surface area contributed by atoms with Crippen molar-refractivity contribution in [2.75, 3.05) is 6.54 Å². The molecule has 0 unspecified atom stereocenters. The largest absolute Gasteiger partial charge is 0.367 e. The molecule has 4 rings (SSSR count). The van der Waals surface area contributed by atoms with Crippen molar-refractivity contribution in [3.8, 4) is 11.1 Å². The first-order valence-electron chi connectivity index (χ1n) is 10.5. The molecule has 162 valence electrons. The van der Waals surface area contributed by atoms with Crippen LogP contribution in [-0.4, -0.2) is 32.2 Å². The molecular formula is C25H26N6O. The molecule has 1 atom stereocenters. The highest BCUT2D eigenvalue weighted by Gasteiger charge is 2.41. The molecule has 0 aliphatic heterocycles. The van der Waals surface area contributed by atoms with Crippen molar-refractivity contribution in [3.63, 3.8) is 0 Å². The van der Waals surface area contributed by atoms with Crippen molar-refractivity contribution in [1.29, 1.82) is 0 Å². The van der Waals surface area contributed by atoms with Gasteiger partial charge in [0, 0.05) is 49.0 Å². The Morgan fingerprint density at radius 2 is 1.81 bits per heavy atom. The molecule has 7 heteroatoms. The zero-order valence-electron chi connectivity index (χ0n) is 18.2. The highest BCUT2D eigenvalue weighted by atomic mass is 16.1. The number of carbonyl (C=O) groups excluding carboxylic acids is 1. The molecule has 7 nitrogen and oxygen atoms in total. The van der Waals surface area contributed by atoms with Crippen LogP contribution in [0.4, 0.5) is 0 Å². The van der Waals surface area contributed by atoms with Crippen molar-refractivity contribution in [3.05, 3.63) is 102 Å². The predicted molar refractivity (Wildman–Crippen MR) is 124 cm³/mol. The molecule has 0 spiro atoms. The Morgan fingerprint density at radius 1 is 1.00 bits per heavy atom. The number of benzene rings is 1. The first-order valence-corrected chi connectivity index (χ1v) is 10.5. The van der Waals surface area contributed by atoms with E-state index in [1.165, 1.54) is 0 Å². The SMILES string of the molecule is Cc1ccc(CCN[C@](C(N)=O)(c2ccccc2)c2ccc(-c3cnn(C)c3)cn2)cn1. The van der Waals surface area contributed by atoms with Crippen LogP contribution in [0.15, 0.2) is 79.4 Å². The molecule has 0 saturated carbocycles. The fourth-order valence-corrected chi connectivity index (χ4v) is 3.78. The van der Waals surface area contributed by atoms with Crippen LogP contribution in [0.1, 0.15) is 22.5 Å². The first kappa shape index (κ1) is 21.4. The Labute approximate surface area is 187 Å². The molecule has 1 aromatic carbocycles. The van der Waals surface area contributed by atoms with Crippen molar-refractivity contribution in [1.82, 2.24) is 25.1 Å². The number of nitrogens with two attached hydrogens (primary N) is 1. The monoisotopic (exact) mass is 426 g/mol. The van der Waals surface area contributed by atoms with Crippen molar-refractivity contribution >= 4 is 5.91 Å². The number of carbonyl (C=O) groups is 1. The van der Waals surface area contributed by atoms with Crippen LogP contribution in [0, 0.1) is 6.92 Å². The Bertz CT molecular complexity index is 1190. The number of pyridine rings is 2. The van der Waals surface area contributed by atoms with E-state index < -0.39 is 11.4 Å². The number of primary amides is 1. The minimum atomic E-state index is -1.26. The Balaban J connectivity index is 1.68. The van der Waals surface area contributed by atoms with E-state index in [0.717, 1.165) is 27.9 Å². The Kier molecular flexibility index (Phi) is 6.09. The van der Waals surface area contributed by atoms with Gasteiger partial charge in [0.15, 0.2) is 5.54 Å². The molecule has 0 aliphatic carbocycles. The molecule has 0 radical (unpaired) electrons. The van der Waals surface area contributed by atoms with Crippen LogP contribution in [-0.2, 0) is 23.8 Å². The van der Waals surface area contributed by atoms with E-state index in [9.17, 15) is 4.79 Å². The van der Waals surface area contributed by atoms with E-state index in [0.29, 0.717) is 18.7 Å². The second kappa shape index (κ2) is 9.11. The second-order valence-corrected chi connectivity index (χ2v) is 7.80.